The maximum absolute atomic E-state index is 12.2. The van der Waals surface area contributed by atoms with Crippen LogP contribution in [0, 0.1) is 5.92 Å². The zero-order chi connectivity index (χ0) is 18.1. The van der Waals surface area contributed by atoms with Crippen LogP contribution in [0.15, 0.2) is 42.0 Å². The second-order valence-corrected chi connectivity index (χ2v) is 6.22. The molecule has 4 rings (SSSR count). The molecule has 1 N–H and O–H groups in total. The van der Waals surface area contributed by atoms with Crippen LogP contribution in [0.25, 0.3) is 6.08 Å². The van der Waals surface area contributed by atoms with Crippen molar-refractivity contribution in [2.45, 2.75) is 6.42 Å². The van der Waals surface area contributed by atoms with E-state index in [1.807, 2.05) is 18.2 Å². The van der Waals surface area contributed by atoms with Crippen molar-refractivity contribution in [2.75, 3.05) is 20.5 Å². The first-order chi connectivity index (χ1) is 12.6. The van der Waals surface area contributed by atoms with Gasteiger partial charge < -0.3 is 24.1 Å². The summed E-state index contributed by atoms with van der Waals surface area (Å²) in [6.07, 6.45) is 2.44. The molecule has 6 heteroatoms. The summed E-state index contributed by atoms with van der Waals surface area (Å²) in [5, 5.41) is 9.71. The summed E-state index contributed by atoms with van der Waals surface area (Å²) in [6, 6.07) is 10.7. The second kappa shape index (κ2) is 6.63. The summed E-state index contributed by atoms with van der Waals surface area (Å²) in [5.74, 6) is 1.50. The van der Waals surface area contributed by atoms with Gasteiger partial charge in [0, 0.05) is 11.5 Å². The Bertz CT molecular complexity index is 886. The maximum Gasteiger partial charge on any atom is 0.334 e. The quantitative estimate of drug-likeness (QED) is 0.672. The van der Waals surface area contributed by atoms with Crippen molar-refractivity contribution in [3.8, 4) is 23.0 Å². The van der Waals surface area contributed by atoms with E-state index < -0.39 is 0 Å². The molecular formula is C20H18O6. The number of hydrogen-bond acceptors (Lipinski definition) is 6. The van der Waals surface area contributed by atoms with Crippen molar-refractivity contribution < 1.29 is 28.8 Å². The van der Waals surface area contributed by atoms with E-state index >= 15 is 0 Å². The number of benzene rings is 2. The molecule has 0 aromatic heterocycles. The fourth-order valence-electron chi connectivity index (χ4n) is 3.18. The molecule has 1 unspecified atom stereocenters. The molecule has 0 amide bonds. The Morgan fingerprint density at radius 3 is 2.85 bits per heavy atom. The van der Waals surface area contributed by atoms with Crippen molar-refractivity contribution in [1.82, 2.24) is 0 Å². The minimum absolute atomic E-state index is 0.0531. The number of carbonyl (C=O) groups is 1. The van der Waals surface area contributed by atoms with Crippen LogP contribution in [0.2, 0.25) is 0 Å². The molecule has 2 heterocycles. The molecule has 2 aliphatic heterocycles. The number of fused-ring (bicyclic) bond motifs is 1. The van der Waals surface area contributed by atoms with E-state index in [1.54, 1.807) is 24.3 Å². The third-order valence-electron chi connectivity index (χ3n) is 4.54. The maximum atomic E-state index is 12.2. The van der Waals surface area contributed by atoms with Crippen LogP contribution in [0.1, 0.15) is 11.1 Å². The van der Waals surface area contributed by atoms with Crippen LogP contribution < -0.4 is 14.2 Å². The van der Waals surface area contributed by atoms with Crippen molar-refractivity contribution in [3.63, 3.8) is 0 Å². The van der Waals surface area contributed by atoms with E-state index in [0.29, 0.717) is 24.4 Å². The predicted molar refractivity (Wildman–Crippen MR) is 93.4 cm³/mol. The zero-order valence-electron chi connectivity index (χ0n) is 14.2. The average Bonchev–Trinajstić information content (AvgIpc) is 3.24. The van der Waals surface area contributed by atoms with Crippen LogP contribution in [0.5, 0.6) is 23.0 Å². The van der Waals surface area contributed by atoms with Gasteiger partial charge in [0.15, 0.2) is 23.0 Å². The number of rotatable bonds is 4. The third kappa shape index (κ3) is 3.06. The highest BCUT2D eigenvalue weighted by atomic mass is 16.7. The molecule has 0 spiro atoms. The van der Waals surface area contributed by atoms with E-state index in [-0.39, 0.29) is 24.4 Å². The van der Waals surface area contributed by atoms with E-state index in [4.69, 9.17) is 18.9 Å². The number of phenolic OH excluding ortho intramolecular Hbond substituents is 1. The highest BCUT2D eigenvalue weighted by Crippen LogP contribution is 2.35. The second-order valence-electron chi connectivity index (χ2n) is 6.22. The monoisotopic (exact) mass is 354 g/mol. The Morgan fingerprint density at radius 2 is 2.00 bits per heavy atom. The smallest absolute Gasteiger partial charge is 0.334 e. The molecule has 0 saturated carbocycles. The van der Waals surface area contributed by atoms with Gasteiger partial charge in [0.1, 0.15) is 0 Å². The van der Waals surface area contributed by atoms with E-state index in [1.165, 1.54) is 7.11 Å². The Hall–Kier alpha value is -3.15. The normalized spacial score (nSPS) is 19.7. The van der Waals surface area contributed by atoms with Crippen LogP contribution in [0.4, 0.5) is 0 Å². The molecule has 0 bridgehead atoms. The van der Waals surface area contributed by atoms with Gasteiger partial charge in [-0.05, 0) is 47.9 Å². The van der Waals surface area contributed by atoms with Crippen molar-refractivity contribution in [2.24, 2.45) is 5.92 Å². The molecule has 2 aromatic carbocycles. The SMILES string of the molecule is COc1cc(C=C2C(=O)OCC2Cc2ccc3c(c2)OCO3)ccc1O. The van der Waals surface area contributed by atoms with Crippen LogP contribution in [0.3, 0.4) is 0 Å². The summed E-state index contributed by atoms with van der Waals surface area (Å²) in [5.41, 5.74) is 2.42. The summed E-state index contributed by atoms with van der Waals surface area (Å²) in [4.78, 5) is 12.2. The lowest BCUT2D eigenvalue weighted by Crippen LogP contribution is -2.07. The molecule has 0 aliphatic carbocycles. The van der Waals surface area contributed by atoms with Gasteiger partial charge >= 0.3 is 5.97 Å². The van der Waals surface area contributed by atoms with Gasteiger partial charge in [0.05, 0.1) is 13.7 Å². The lowest BCUT2D eigenvalue weighted by Gasteiger charge is -2.10. The van der Waals surface area contributed by atoms with Crippen molar-refractivity contribution in [1.29, 1.82) is 0 Å². The van der Waals surface area contributed by atoms with Gasteiger partial charge in [-0.1, -0.05) is 12.1 Å². The minimum atomic E-state index is -0.317. The highest BCUT2D eigenvalue weighted by Gasteiger charge is 2.31. The van der Waals surface area contributed by atoms with Gasteiger partial charge in [-0.25, -0.2) is 4.79 Å². The molecule has 26 heavy (non-hydrogen) atoms. The number of esters is 1. The lowest BCUT2D eigenvalue weighted by atomic mass is 9.92. The molecule has 1 fully saturated rings. The topological polar surface area (TPSA) is 74.2 Å². The highest BCUT2D eigenvalue weighted by molar-refractivity contribution is 5.96. The number of hydrogen-bond donors (Lipinski definition) is 1. The van der Waals surface area contributed by atoms with E-state index in [9.17, 15) is 9.90 Å². The third-order valence-corrected chi connectivity index (χ3v) is 4.54. The Kier molecular flexibility index (Phi) is 4.16. The molecule has 2 aliphatic rings. The minimum Gasteiger partial charge on any atom is -0.504 e. The Balaban J connectivity index is 1.59. The first kappa shape index (κ1) is 16.3. The summed E-state index contributed by atoms with van der Waals surface area (Å²) >= 11 is 0. The van der Waals surface area contributed by atoms with Crippen LogP contribution in [-0.4, -0.2) is 31.6 Å². The van der Waals surface area contributed by atoms with Gasteiger partial charge in [0.25, 0.3) is 0 Å². The zero-order valence-corrected chi connectivity index (χ0v) is 14.2. The van der Waals surface area contributed by atoms with E-state index in [0.717, 1.165) is 22.6 Å². The van der Waals surface area contributed by atoms with E-state index in [2.05, 4.69) is 0 Å². The number of carbonyl (C=O) groups excluding carboxylic acids is 1. The number of cyclic esters (lactones) is 1. The fraction of sp³-hybridized carbons (Fsp3) is 0.250. The molecule has 1 saturated heterocycles. The van der Waals surface area contributed by atoms with Crippen LogP contribution >= 0.6 is 0 Å². The first-order valence-electron chi connectivity index (χ1n) is 8.28. The molecule has 1 atom stereocenters. The van der Waals surface area contributed by atoms with Gasteiger partial charge in [-0.3, -0.25) is 0 Å². The predicted octanol–water partition coefficient (Wildman–Crippen LogP) is 2.93. The van der Waals surface area contributed by atoms with Crippen LogP contribution in [-0.2, 0) is 16.0 Å². The largest absolute Gasteiger partial charge is 0.504 e. The molecule has 134 valence electrons. The van der Waals surface area contributed by atoms with Crippen molar-refractivity contribution >= 4 is 12.0 Å². The number of methoxy groups -OCH3 is 1. The number of phenols is 1. The molecular weight excluding hydrogens is 336 g/mol. The van der Waals surface area contributed by atoms with Gasteiger partial charge in [-0.2, -0.15) is 0 Å². The lowest BCUT2D eigenvalue weighted by molar-refractivity contribution is -0.135. The number of aromatic hydroxyl groups is 1. The Morgan fingerprint density at radius 1 is 1.15 bits per heavy atom. The fourth-order valence-corrected chi connectivity index (χ4v) is 3.18. The van der Waals surface area contributed by atoms with Crippen molar-refractivity contribution in [3.05, 3.63) is 53.1 Å². The standard InChI is InChI=1S/C20H18O6/c1-23-18-8-13(2-4-16(18)21)7-15-14(10-24-20(15)22)6-12-3-5-17-19(9-12)26-11-25-17/h2-5,7-9,14,21H,6,10-11H2,1H3. The molecule has 2 aromatic rings. The summed E-state index contributed by atoms with van der Waals surface area (Å²) in [6.45, 7) is 0.575. The average molecular weight is 354 g/mol. The summed E-state index contributed by atoms with van der Waals surface area (Å²) < 4.78 is 21.1. The number of ether oxygens (including phenoxy) is 4. The van der Waals surface area contributed by atoms with Gasteiger partial charge in [-0.15, -0.1) is 0 Å². The first-order valence-corrected chi connectivity index (χ1v) is 8.28. The molecule has 6 nitrogen and oxygen atoms in total. The molecule has 0 radical (unpaired) electrons. The Labute approximate surface area is 150 Å². The summed E-state index contributed by atoms with van der Waals surface area (Å²) in [7, 11) is 1.48. The van der Waals surface area contributed by atoms with Gasteiger partial charge in [0.2, 0.25) is 6.79 Å².